The first-order valence-corrected chi connectivity index (χ1v) is 12.1. The number of benzene rings is 1. The number of carbonyl (C=O) groups excluding carboxylic acids is 1. The standard InChI is InChI=1S/C26H44O4/c1-2-3-4-5-6-7-8-9-10-11-12-13-17-20-24(28)26(30,22-27)25(29)21-23-18-15-14-16-19-23/h14-16,18-19,25,27,29-30H,2-13,17,20-22H2,1H3. The van der Waals surface area contributed by atoms with Crippen molar-refractivity contribution in [1.29, 1.82) is 0 Å². The minimum Gasteiger partial charge on any atom is -0.393 e. The van der Waals surface area contributed by atoms with Crippen LogP contribution < -0.4 is 0 Å². The predicted molar refractivity (Wildman–Crippen MR) is 124 cm³/mol. The predicted octanol–water partition coefficient (Wildman–Crippen LogP) is 5.36. The van der Waals surface area contributed by atoms with Crippen LogP contribution in [0.25, 0.3) is 0 Å². The second kappa shape index (κ2) is 16.5. The molecule has 0 aliphatic rings. The molecule has 0 aromatic heterocycles. The lowest BCUT2D eigenvalue weighted by atomic mass is 9.86. The molecule has 30 heavy (non-hydrogen) atoms. The number of hydrogen-bond donors (Lipinski definition) is 3. The molecule has 1 aromatic carbocycles. The van der Waals surface area contributed by atoms with Gasteiger partial charge in [-0.1, -0.05) is 114 Å². The van der Waals surface area contributed by atoms with Crippen LogP contribution in [0.1, 0.15) is 102 Å². The van der Waals surface area contributed by atoms with E-state index in [1.807, 2.05) is 30.3 Å². The van der Waals surface area contributed by atoms with E-state index < -0.39 is 24.1 Å². The molecule has 0 saturated carbocycles. The summed E-state index contributed by atoms with van der Waals surface area (Å²) < 4.78 is 0. The Labute approximate surface area is 183 Å². The highest BCUT2D eigenvalue weighted by Crippen LogP contribution is 2.20. The van der Waals surface area contributed by atoms with Crippen LogP contribution in [-0.2, 0) is 11.2 Å². The molecule has 4 heteroatoms. The number of rotatable bonds is 19. The van der Waals surface area contributed by atoms with Gasteiger partial charge in [0.05, 0.1) is 12.7 Å². The van der Waals surface area contributed by atoms with Crippen LogP contribution in [0.15, 0.2) is 30.3 Å². The molecule has 1 aromatic rings. The van der Waals surface area contributed by atoms with E-state index in [4.69, 9.17) is 0 Å². The summed E-state index contributed by atoms with van der Waals surface area (Å²) in [6.07, 6.45) is 15.0. The fourth-order valence-corrected chi connectivity index (χ4v) is 3.91. The maximum atomic E-state index is 12.5. The molecule has 0 bridgehead atoms. The van der Waals surface area contributed by atoms with Gasteiger partial charge < -0.3 is 15.3 Å². The van der Waals surface area contributed by atoms with Crippen molar-refractivity contribution in [3.63, 3.8) is 0 Å². The summed E-state index contributed by atoms with van der Waals surface area (Å²) >= 11 is 0. The first kappa shape index (κ1) is 26.8. The molecular formula is C26H44O4. The number of unbranched alkanes of at least 4 members (excludes halogenated alkanes) is 12. The van der Waals surface area contributed by atoms with Crippen LogP contribution in [0.4, 0.5) is 0 Å². The monoisotopic (exact) mass is 420 g/mol. The minimum absolute atomic E-state index is 0.141. The van der Waals surface area contributed by atoms with Gasteiger partial charge in [0, 0.05) is 12.8 Å². The molecule has 0 spiro atoms. The van der Waals surface area contributed by atoms with Crippen LogP contribution >= 0.6 is 0 Å². The van der Waals surface area contributed by atoms with E-state index in [2.05, 4.69) is 6.92 Å². The Balaban J connectivity index is 2.12. The van der Waals surface area contributed by atoms with Gasteiger partial charge >= 0.3 is 0 Å². The minimum atomic E-state index is -2.08. The Hall–Kier alpha value is -1.23. The molecule has 0 aliphatic heterocycles. The lowest BCUT2D eigenvalue weighted by Gasteiger charge is -2.30. The molecule has 0 heterocycles. The zero-order chi connectivity index (χ0) is 22.1. The Morgan fingerprint density at radius 3 is 1.77 bits per heavy atom. The lowest BCUT2D eigenvalue weighted by Crippen LogP contribution is -2.53. The number of carbonyl (C=O) groups is 1. The third-order valence-corrected chi connectivity index (χ3v) is 6.05. The topological polar surface area (TPSA) is 77.8 Å². The highest BCUT2D eigenvalue weighted by atomic mass is 16.4. The average molecular weight is 421 g/mol. The van der Waals surface area contributed by atoms with Crippen molar-refractivity contribution in [3.8, 4) is 0 Å². The van der Waals surface area contributed by atoms with E-state index in [1.165, 1.54) is 64.2 Å². The maximum Gasteiger partial charge on any atom is 0.172 e. The number of aliphatic hydroxyl groups excluding tert-OH is 2. The number of Topliss-reactive ketones (excluding diaryl/α,β-unsaturated/α-hetero) is 1. The van der Waals surface area contributed by atoms with Gasteiger partial charge in [-0.3, -0.25) is 4.79 Å². The van der Waals surface area contributed by atoms with Crippen molar-refractivity contribution in [3.05, 3.63) is 35.9 Å². The molecule has 0 fully saturated rings. The quantitative estimate of drug-likeness (QED) is 0.263. The first-order valence-electron chi connectivity index (χ1n) is 12.1. The Morgan fingerprint density at radius 2 is 1.30 bits per heavy atom. The van der Waals surface area contributed by atoms with E-state index in [0.29, 0.717) is 6.42 Å². The van der Waals surface area contributed by atoms with Crippen molar-refractivity contribution in [1.82, 2.24) is 0 Å². The van der Waals surface area contributed by atoms with Crippen LogP contribution in [0, 0.1) is 0 Å². The second-order valence-electron chi connectivity index (χ2n) is 8.70. The van der Waals surface area contributed by atoms with Gasteiger partial charge in [-0.25, -0.2) is 0 Å². The van der Waals surface area contributed by atoms with Crippen molar-refractivity contribution in [2.75, 3.05) is 6.61 Å². The molecule has 172 valence electrons. The smallest absolute Gasteiger partial charge is 0.172 e. The van der Waals surface area contributed by atoms with Crippen LogP contribution in [-0.4, -0.2) is 39.4 Å². The molecular weight excluding hydrogens is 376 g/mol. The zero-order valence-electron chi connectivity index (χ0n) is 19.0. The van der Waals surface area contributed by atoms with Crippen LogP contribution in [0.5, 0.6) is 0 Å². The molecule has 2 unspecified atom stereocenters. The SMILES string of the molecule is CCCCCCCCCCCCCCCC(=O)C(O)(CO)C(O)Cc1ccccc1. The lowest BCUT2D eigenvalue weighted by molar-refractivity contribution is -0.157. The van der Waals surface area contributed by atoms with Crippen LogP contribution in [0.3, 0.4) is 0 Å². The van der Waals surface area contributed by atoms with Gasteiger partial charge in [0.1, 0.15) is 0 Å². The normalized spacial score (nSPS) is 14.4. The summed E-state index contributed by atoms with van der Waals surface area (Å²) in [5.74, 6) is -0.462. The van der Waals surface area contributed by atoms with Crippen molar-refractivity contribution < 1.29 is 20.1 Å². The molecule has 3 N–H and O–H groups in total. The fourth-order valence-electron chi connectivity index (χ4n) is 3.91. The summed E-state index contributed by atoms with van der Waals surface area (Å²) in [4.78, 5) is 12.5. The molecule has 4 nitrogen and oxygen atoms in total. The van der Waals surface area contributed by atoms with Gasteiger partial charge in [-0.2, -0.15) is 0 Å². The summed E-state index contributed by atoms with van der Waals surface area (Å²) in [5, 5.41) is 30.5. The molecule has 0 amide bonds. The third-order valence-electron chi connectivity index (χ3n) is 6.05. The van der Waals surface area contributed by atoms with Crippen molar-refractivity contribution in [2.45, 2.75) is 115 Å². The van der Waals surface area contributed by atoms with Gasteiger partial charge in [0.2, 0.25) is 0 Å². The highest BCUT2D eigenvalue weighted by molar-refractivity contribution is 5.88. The molecule has 2 atom stereocenters. The van der Waals surface area contributed by atoms with Crippen molar-refractivity contribution in [2.24, 2.45) is 0 Å². The summed E-state index contributed by atoms with van der Waals surface area (Å²) in [7, 11) is 0. The highest BCUT2D eigenvalue weighted by Gasteiger charge is 2.41. The number of hydrogen-bond acceptors (Lipinski definition) is 4. The van der Waals surface area contributed by atoms with E-state index in [9.17, 15) is 20.1 Å². The Kier molecular flexibility index (Phi) is 14.7. The van der Waals surface area contributed by atoms with E-state index in [-0.39, 0.29) is 12.8 Å². The molecule has 0 aliphatic carbocycles. The average Bonchev–Trinajstić information content (AvgIpc) is 2.76. The number of aliphatic hydroxyl groups is 3. The Morgan fingerprint density at radius 1 is 0.833 bits per heavy atom. The van der Waals surface area contributed by atoms with Gasteiger partial charge in [0.15, 0.2) is 11.4 Å². The summed E-state index contributed by atoms with van der Waals surface area (Å²) in [6, 6.07) is 9.22. The van der Waals surface area contributed by atoms with Gasteiger partial charge in [0.25, 0.3) is 0 Å². The molecule has 1 rings (SSSR count). The summed E-state index contributed by atoms with van der Waals surface area (Å²) in [5.41, 5.74) is -1.25. The number of ketones is 1. The van der Waals surface area contributed by atoms with Gasteiger partial charge in [-0.15, -0.1) is 0 Å². The molecule has 0 saturated heterocycles. The van der Waals surface area contributed by atoms with Crippen LogP contribution in [0.2, 0.25) is 0 Å². The third kappa shape index (κ3) is 10.7. The second-order valence-corrected chi connectivity index (χ2v) is 8.70. The summed E-state index contributed by atoms with van der Waals surface area (Å²) in [6.45, 7) is 1.50. The zero-order valence-corrected chi connectivity index (χ0v) is 19.0. The molecule has 0 radical (unpaired) electrons. The first-order chi connectivity index (χ1) is 14.5. The van der Waals surface area contributed by atoms with E-state index in [0.717, 1.165) is 18.4 Å². The maximum absolute atomic E-state index is 12.5. The van der Waals surface area contributed by atoms with E-state index in [1.54, 1.807) is 0 Å². The van der Waals surface area contributed by atoms with E-state index >= 15 is 0 Å². The Bertz CT molecular complexity index is 545. The largest absolute Gasteiger partial charge is 0.393 e. The van der Waals surface area contributed by atoms with Gasteiger partial charge in [-0.05, 0) is 12.0 Å². The fraction of sp³-hybridized carbons (Fsp3) is 0.731. The van der Waals surface area contributed by atoms with Crippen molar-refractivity contribution >= 4 is 5.78 Å².